The highest BCUT2D eigenvalue weighted by Gasteiger charge is 2.07. The van der Waals surface area contributed by atoms with Crippen LogP contribution in [0.1, 0.15) is 49.9 Å². The first-order chi connectivity index (χ1) is 11.2. The number of rotatable bonds is 12. The van der Waals surface area contributed by atoms with Gasteiger partial charge in [0.05, 0.1) is 19.8 Å². The first-order valence-electron chi connectivity index (χ1n) is 8.29. The van der Waals surface area contributed by atoms with Crippen molar-refractivity contribution in [1.82, 2.24) is 5.32 Å². The maximum Gasteiger partial charge on any atom is 0.319 e. The number of carbonyl (C=O) groups is 2. The van der Waals surface area contributed by atoms with Crippen LogP contribution >= 0.6 is 12.4 Å². The van der Waals surface area contributed by atoms with Gasteiger partial charge in [-0.15, -0.1) is 12.4 Å². The molecule has 0 aliphatic carbocycles. The first-order valence-corrected chi connectivity index (χ1v) is 8.29. The van der Waals surface area contributed by atoms with Crippen LogP contribution in [0, 0.1) is 0 Å². The van der Waals surface area contributed by atoms with Gasteiger partial charge in [0.25, 0.3) is 0 Å². The lowest BCUT2D eigenvalue weighted by Gasteiger charge is -2.07. The van der Waals surface area contributed by atoms with Crippen molar-refractivity contribution in [2.45, 2.75) is 39.5 Å². The largest absolute Gasteiger partial charge is 0.494 e. The van der Waals surface area contributed by atoms with Gasteiger partial charge in [0.1, 0.15) is 5.75 Å². The molecule has 1 aromatic rings. The highest BCUT2D eigenvalue weighted by molar-refractivity contribution is 5.96. The van der Waals surface area contributed by atoms with Crippen LogP contribution < -0.4 is 10.1 Å². The van der Waals surface area contributed by atoms with Crippen molar-refractivity contribution in [3.8, 4) is 5.75 Å². The van der Waals surface area contributed by atoms with E-state index in [2.05, 4.69) is 12.2 Å². The molecule has 0 unspecified atom stereocenters. The monoisotopic (exact) mass is 357 g/mol. The number of carbonyl (C=O) groups excluding carboxylic acids is 2. The molecule has 24 heavy (non-hydrogen) atoms. The standard InChI is InChI=1S/C18H27NO4.ClH/c1-3-5-6-13-23-16-9-7-15(8-10-16)17(20)11-12-19-14-18(21)22-4-2;/h7-10,19H,3-6,11-14H2,1-2H3;1H. The predicted octanol–water partition coefficient (Wildman–Crippen LogP) is 3.40. The number of hydrogen-bond donors (Lipinski definition) is 1. The molecule has 1 N–H and O–H groups in total. The second-order valence-electron chi connectivity index (χ2n) is 5.23. The van der Waals surface area contributed by atoms with Crippen LogP contribution in [0.2, 0.25) is 0 Å². The van der Waals surface area contributed by atoms with E-state index in [1.54, 1.807) is 19.1 Å². The van der Waals surface area contributed by atoms with Crippen molar-refractivity contribution in [2.24, 2.45) is 0 Å². The van der Waals surface area contributed by atoms with Crippen LogP contribution in [-0.4, -0.2) is 38.1 Å². The lowest BCUT2D eigenvalue weighted by atomic mass is 10.1. The quantitative estimate of drug-likeness (QED) is 0.353. The number of benzene rings is 1. The molecule has 0 aliphatic rings. The van der Waals surface area contributed by atoms with E-state index in [1.165, 1.54) is 6.42 Å². The molecular formula is C18H28ClNO4. The second kappa shape index (κ2) is 13.8. The predicted molar refractivity (Wildman–Crippen MR) is 97.2 cm³/mol. The molecule has 5 nitrogen and oxygen atoms in total. The Kier molecular flexibility index (Phi) is 12.9. The topological polar surface area (TPSA) is 64.6 Å². The van der Waals surface area contributed by atoms with Gasteiger partial charge in [0, 0.05) is 18.5 Å². The molecular weight excluding hydrogens is 330 g/mol. The van der Waals surface area contributed by atoms with Crippen LogP contribution in [0.3, 0.4) is 0 Å². The van der Waals surface area contributed by atoms with E-state index < -0.39 is 0 Å². The molecule has 0 saturated heterocycles. The van der Waals surface area contributed by atoms with Crippen molar-refractivity contribution in [3.63, 3.8) is 0 Å². The summed E-state index contributed by atoms with van der Waals surface area (Å²) in [4.78, 5) is 23.2. The van der Waals surface area contributed by atoms with E-state index >= 15 is 0 Å². The lowest BCUT2D eigenvalue weighted by molar-refractivity contribution is -0.141. The zero-order valence-electron chi connectivity index (χ0n) is 14.5. The summed E-state index contributed by atoms with van der Waals surface area (Å²) < 4.78 is 10.4. The van der Waals surface area contributed by atoms with Gasteiger partial charge in [-0.05, 0) is 37.6 Å². The van der Waals surface area contributed by atoms with Crippen LogP contribution in [0.4, 0.5) is 0 Å². The third kappa shape index (κ3) is 9.53. The summed E-state index contributed by atoms with van der Waals surface area (Å²) in [6.07, 6.45) is 3.72. The molecule has 0 aliphatic heterocycles. The molecule has 0 amide bonds. The minimum Gasteiger partial charge on any atom is -0.494 e. The molecule has 0 atom stereocenters. The number of esters is 1. The third-order valence-electron chi connectivity index (χ3n) is 3.30. The van der Waals surface area contributed by atoms with E-state index in [4.69, 9.17) is 9.47 Å². The molecule has 0 fully saturated rings. The van der Waals surface area contributed by atoms with Crippen LogP contribution in [0.25, 0.3) is 0 Å². The Labute approximate surface area is 150 Å². The van der Waals surface area contributed by atoms with Crippen LogP contribution in [-0.2, 0) is 9.53 Å². The fourth-order valence-corrected chi connectivity index (χ4v) is 2.03. The molecule has 0 heterocycles. The van der Waals surface area contributed by atoms with Gasteiger partial charge in [0.2, 0.25) is 0 Å². The average molecular weight is 358 g/mol. The van der Waals surface area contributed by atoms with Crippen molar-refractivity contribution >= 4 is 24.2 Å². The second-order valence-corrected chi connectivity index (χ2v) is 5.23. The summed E-state index contributed by atoms with van der Waals surface area (Å²) in [7, 11) is 0. The van der Waals surface area contributed by atoms with E-state index in [0.717, 1.165) is 18.6 Å². The Balaban J connectivity index is 0.00000529. The van der Waals surface area contributed by atoms with E-state index in [9.17, 15) is 9.59 Å². The molecule has 1 aromatic carbocycles. The Morgan fingerprint density at radius 1 is 1.08 bits per heavy atom. The zero-order chi connectivity index (χ0) is 16.9. The zero-order valence-corrected chi connectivity index (χ0v) is 15.3. The number of hydrogen-bond acceptors (Lipinski definition) is 5. The SMILES string of the molecule is CCCCCOc1ccc(C(=O)CCNCC(=O)OCC)cc1.Cl. The van der Waals surface area contributed by atoms with Crippen LogP contribution in [0.15, 0.2) is 24.3 Å². The Hall–Kier alpha value is -1.59. The minimum atomic E-state index is -0.301. The Morgan fingerprint density at radius 3 is 2.42 bits per heavy atom. The van der Waals surface area contributed by atoms with Gasteiger partial charge in [-0.25, -0.2) is 0 Å². The summed E-state index contributed by atoms with van der Waals surface area (Å²) in [5.74, 6) is 0.529. The van der Waals surface area contributed by atoms with Crippen molar-refractivity contribution < 1.29 is 19.1 Å². The smallest absolute Gasteiger partial charge is 0.319 e. The van der Waals surface area contributed by atoms with Gasteiger partial charge in [-0.3, -0.25) is 9.59 Å². The lowest BCUT2D eigenvalue weighted by Crippen LogP contribution is -2.26. The number of Topliss-reactive ketones (excluding diaryl/α,β-unsaturated/α-hetero) is 1. The fourth-order valence-electron chi connectivity index (χ4n) is 2.03. The Bertz CT molecular complexity index is 476. The van der Waals surface area contributed by atoms with Gasteiger partial charge in [-0.1, -0.05) is 19.8 Å². The Morgan fingerprint density at radius 2 is 1.79 bits per heavy atom. The average Bonchev–Trinajstić information content (AvgIpc) is 2.56. The van der Waals surface area contributed by atoms with Crippen molar-refractivity contribution in [3.05, 3.63) is 29.8 Å². The summed E-state index contributed by atoms with van der Waals surface area (Å²) >= 11 is 0. The highest BCUT2D eigenvalue weighted by atomic mass is 35.5. The van der Waals surface area contributed by atoms with Gasteiger partial charge in [-0.2, -0.15) is 0 Å². The van der Waals surface area contributed by atoms with E-state index in [1.807, 2.05) is 12.1 Å². The number of halogens is 1. The van der Waals surface area contributed by atoms with Gasteiger partial charge in [0.15, 0.2) is 5.78 Å². The van der Waals surface area contributed by atoms with E-state index in [0.29, 0.717) is 31.7 Å². The van der Waals surface area contributed by atoms with Crippen LogP contribution in [0.5, 0.6) is 5.75 Å². The molecule has 0 radical (unpaired) electrons. The number of nitrogens with one attached hydrogen (secondary N) is 1. The summed E-state index contributed by atoms with van der Waals surface area (Å²) in [5.41, 5.74) is 0.656. The first kappa shape index (κ1) is 22.4. The molecule has 0 bridgehead atoms. The normalized spacial score (nSPS) is 9.92. The maximum absolute atomic E-state index is 12.0. The maximum atomic E-state index is 12.0. The third-order valence-corrected chi connectivity index (χ3v) is 3.30. The van der Waals surface area contributed by atoms with Gasteiger partial charge >= 0.3 is 5.97 Å². The molecule has 0 spiro atoms. The van der Waals surface area contributed by atoms with Gasteiger partial charge < -0.3 is 14.8 Å². The molecule has 6 heteroatoms. The molecule has 1 rings (SSSR count). The molecule has 136 valence electrons. The van der Waals surface area contributed by atoms with E-state index in [-0.39, 0.29) is 30.7 Å². The van der Waals surface area contributed by atoms with Crippen molar-refractivity contribution in [2.75, 3.05) is 26.3 Å². The number of unbranched alkanes of at least 4 members (excludes halogenated alkanes) is 2. The molecule has 0 saturated carbocycles. The summed E-state index contributed by atoms with van der Waals surface area (Å²) in [5, 5.41) is 2.90. The van der Waals surface area contributed by atoms with Crippen molar-refractivity contribution in [1.29, 1.82) is 0 Å². The highest BCUT2D eigenvalue weighted by Crippen LogP contribution is 2.14. The summed E-state index contributed by atoms with van der Waals surface area (Å²) in [6.45, 7) is 5.57. The summed E-state index contributed by atoms with van der Waals surface area (Å²) in [6, 6.07) is 7.21. The minimum absolute atomic E-state index is 0. The molecule has 0 aromatic heterocycles. The number of ketones is 1. The number of ether oxygens (including phenoxy) is 2. The fraction of sp³-hybridized carbons (Fsp3) is 0.556.